The molecule has 1 aliphatic rings. The Bertz CT molecular complexity index is 2000. The van der Waals surface area contributed by atoms with Crippen LogP contribution in [0.4, 0.5) is 3.89 Å². The molecule has 2 N–H and O–H groups in total. The largest absolute Gasteiger partial charge is 0.488 e. The molecule has 0 spiro atoms. The molecule has 1 saturated heterocycles. The van der Waals surface area contributed by atoms with Gasteiger partial charge < -0.3 is 19.1 Å². The molecule has 0 radical (unpaired) electrons. The molecule has 4 heterocycles. The molecular formula is C28H24FN5O4S. The number of rotatable bonds is 6. The number of halogens is 1. The van der Waals surface area contributed by atoms with Crippen LogP contribution in [-0.2, 0) is 16.9 Å². The number of hydrogen-bond acceptors (Lipinski definition) is 7. The van der Waals surface area contributed by atoms with Crippen LogP contribution in [-0.4, -0.2) is 36.0 Å². The lowest BCUT2D eigenvalue weighted by Gasteiger charge is -2.32. The molecule has 3 aromatic heterocycles. The van der Waals surface area contributed by atoms with Crippen LogP contribution in [0, 0.1) is 17.2 Å². The fourth-order valence-corrected chi connectivity index (χ4v) is 5.69. The first-order chi connectivity index (χ1) is 18.6. The molecule has 9 nitrogen and oxygen atoms in total. The van der Waals surface area contributed by atoms with Crippen molar-refractivity contribution in [3.63, 3.8) is 0 Å². The third kappa shape index (κ3) is 4.41. The summed E-state index contributed by atoms with van der Waals surface area (Å²) in [5.41, 5.74) is 4.62. The Labute approximate surface area is 223 Å². The van der Waals surface area contributed by atoms with Gasteiger partial charge in [-0.1, -0.05) is 23.8 Å². The van der Waals surface area contributed by atoms with E-state index in [0.717, 1.165) is 22.7 Å². The second-order valence-electron chi connectivity index (χ2n) is 10.2. The van der Waals surface area contributed by atoms with E-state index >= 15 is 0 Å². The Kier molecular flexibility index (Phi) is 5.89. The minimum absolute atomic E-state index is 0.0763. The topological polar surface area (TPSA) is 130 Å². The van der Waals surface area contributed by atoms with E-state index in [2.05, 4.69) is 44.0 Å². The molecule has 0 saturated carbocycles. The number of H-pyrrole nitrogens is 1. The summed E-state index contributed by atoms with van der Waals surface area (Å²) in [5.74, 6) is 0.00429. The van der Waals surface area contributed by atoms with Gasteiger partial charge in [0.05, 0.1) is 34.8 Å². The van der Waals surface area contributed by atoms with Crippen molar-refractivity contribution in [2.75, 3.05) is 13.1 Å². The summed E-state index contributed by atoms with van der Waals surface area (Å²) in [4.78, 5) is 21.5. The van der Waals surface area contributed by atoms with Crippen molar-refractivity contribution in [2.45, 2.75) is 26.3 Å². The number of benzene rings is 2. The lowest BCUT2D eigenvalue weighted by atomic mass is 9.91. The first-order valence-corrected chi connectivity index (χ1v) is 13.8. The van der Waals surface area contributed by atoms with Crippen LogP contribution in [0.2, 0.25) is 0 Å². The van der Waals surface area contributed by atoms with Gasteiger partial charge in [-0.15, -0.1) is 0 Å². The van der Waals surface area contributed by atoms with Crippen molar-refractivity contribution in [2.24, 2.45) is 5.92 Å². The van der Waals surface area contributed by atoms with E-state index < -0.39 is 10.5 Å². The lowest BCUT2D eigenvalue weighted by molar-refractivity contribution is 0.357. The predicted octanol–water partition coefficient (Wildman–Crippen LogP) is 4.51. The van der Waals surface area contributed by atoms with Crippen molar-refractivity contribution in [3.8, 4) is 22.9 Å². The van der Waals surface area contributed by atoms with Crippen molar-refractivity contribution >= 4 is 43.3 Å². The molecule has 198 valence electrons. The molecule has 0 aliphatic carbocycles. The molecule has 11 heteroatoms. The summed E-state index contributed by atoms with van der Waals surface area (Å²) in [6, 6.07) is 12.7. The molecule has 0 amide bonds. The van der Waals surface area contributed by atoms with Gasteiger partial charge in [0.2, 0.25) is 0 Å². The van der Waals surface area contributed by atoms with Crippen LogP contribution in [0.1, 0.15) is 31.0 Å². The monoisotopic (exact) mass is 545 g/mol. The molecule has 1 aliphatic heterocycles. The summed E-state index contributed by atoms with van der Waals surface area (Å²) < 4.78 is 42.0. The Morgan fingerprint density at radius 1 is 1.18 bits per heavy atom. The second kappa shape index (κ2) is 9.18. The van der Waals surface area contributed by atoms with Gasteiger partial charge in [0.25, 0.3) is 0 Å². The number of fused-ring (bicyclic) bond motifs is 4. The Balaban J connectivity index is 1.69. The normalized spacial score (nSPS) is 14.2. The maximum atomic E-state index is 14.0. The number of hydrogen-bond donors (Lipinski definition) is 2. The van der Waals surface area contributed by atoms with Crippen molar-refractivity contribution in [3.05, 3.63) is 70.1 Å². The number of nitrogens with zero attached hydrogens (tertiary/aromatic N) is 3. The average Bonchev–Trinajstić information content (AvgIpc) is 3.22. The predicted molar refractivity (Wildman–Crippen MR) is 147 cm³/mol. The third-order valence-electron chi connectivity index (χ3n) is 7.07. The van der Waals surface area contributed by atoms with E-state index in [1.807, 2.05) is 18.2 Å². The van der Waals surface area contributed by atoms with Crippen molar-refractivity contribution in [1.82, 2.24) is 19.9 Å². The zero-order chi connectivity index (χ0) is 27.5. The van der Waals surface area contributed by atoms with Gasteiger partial charge in [0, 0.05) is 41.1 Å². The lowest BCUT2D eigenvalue weighted by Crippen LogP contribution is -2.44. The zero-order valence-corrected chi connectivity index (χ0v) is 22.0. The van der Waals surface area contributed by atoms with E-state index in [1.165, 1.54) is 6.07 Å². The fourth-order valence-electron chi connectivity index (χ4n) is 5.37. The van der Waals surface area contributed by atoms with E-state index in [4.69, 9.17) is 0 Å². The SMILES string of the molecule is CC(C)Cc1cc2c(=O)c3c4ccc(C#N)cc4[nH]c3n(C3CNC3)c2cc1-c1cncc(OS(=O)(=O)F)c1. The molecular weight excluding hydrogens is 521 g/mol. The van der Waals surface area contributed by atoms with Crippen LogP contribution in [0.5, 0.6) is 5.75 Å². The number of aromatic nitrogens is 3. The third-order valence-corrected chi connectivity index (χ3v) is 7.47. The second-order valence-corrected chi connectivity index (χ2v) is 11.2. The Hall–Kier alpha value is -4.27. The highest BCUT2D eigenvalue weighted by atomic mass is 32.3. The standard InChI is InChI=1S/C28H24FN5O4S/c1-15(2)5-17-8-23-25(9-22(17)18-7-20(14-31-11-18)38-39(29,36)37)34(19-12-32-13-19)28-26(27(23)35)21-4-3-16(10-30)6-24(21)33-28/h3-4,6-9,11,14-15,19,32-33H,5,12-13H2,1-2H3. The van der Waals surface area contributed by atoms with Crippen LogP contribution >= 0.6 is 0 Å². The first kappa shape index (κ1) is 25.0. The molecule has 5 aromatic rings. The molecule has 1 fully saturated rings. The summed E-state index contributed by atoms with van der Waals surface area (Å²) in [6.45, 7) is 5.56. The van der Waals surface area contributed by atoms with Gasteiger partial charge in [-0.05, 0) is 53.8 Å². The average molecular weight is 546 g/mol. The minimum Gasteiger partial charge on any atom is -0.357 e. The smallest absolute Gasteiger partial charge is 0.357 e. The van der Waals surface area contributed by atoms with Gasteiger partial charge in [-0.25, -0.2) is 0 Å². The van der Waals surface area contributed by atoms with Crippen molar-refractivity contribution in [1.29, 1.82) is 5.26 Å². The highest BCUT2D eigenvalue weighted by Gasteiger charge is 2.26. The maximum Gasteiger partial charge on any atom is 0.488 e. The van der Waals surface area contributed by atoms with Gasteiger partial charge in [0.1, 0.15) is 5.65 Å². The summed E-state index contributed by atoms with van der Waals surface area (Å²) in [5, 5.41) is 14.6. The number of pyridine rings is 2. The van der Waals surface area contributed by atoms with E-state index in [9.17, 15) is 22.4 Å². The highest BCUT2D eigenvalue weighted by molar-refractivity contribution is 7.81. The summed E-state index contributed by atoms with van der Waals surface area (Å²) in [6.07, 6.45) is 3.32. The molecule has 39 heavy (non-hydrogen) atoms. The van der Waals surface area contributed by atoms with Gasteiger partial charge in [-0.3, -0.25) is 9.78 Å². The van der Waals surface area contributed by atoms with Gasteiger partial charge >= 0.3 is 10.5 Å². The fraction of sp³-hybridized carbons (Fsp3) is 0.250. The minimum atomic E-state index is -5.22. The molecule has 0 atom stereocenters. The Morgan fingerprint density at radius 2 is 1.97 bits per heavy atom. The molecule has 0 bridgehead atoms. The molecule has 2 aromatic carbocycles. The Morgan fingerprint density at radius 3 is 2.64 bits per heavy atom. The van der Waals surface area contributed by atoms with Crippen LogP contribution in [0.25, 0.3) is 44.0 Å². The number of nitriles is 1. The number of aromatic amines is 1. The van der Waals surface area contributed by atoms with Crippen LogP contribution in [0.3, 0.4) is 0 Å². The molecule has 0 unspecified atom stereocenters. The van der Waals surface area contributed by atoms with Gasteiger partial charge in [0.15, 0.2) is 11.2 Å². The number of nitrogens with one attached hydrogen (secondary N) is 2. The zero-order valence-electron chi connectivity index (χ0n) is 21.2. The maximum absolute atomic E-state index is 14.0. The quantitative estimate of drug-likeness (QED) is 0.300. The summed E-state index contributed by atoms with van der Waals surface area (Å²) >= 11 is 0. The van der Waals surface area contributed by atoms with Crippen LogP contribution < -0.4 is 14.9 Å². The van der Waals surface area contributed by atoms with E-state index in [0.29, 0.717) is 58.1 Å². The van der Waals surface area contributed by atoms with E-state index in [-0.39, 0.29) is 23.1 Å². The van der Waals surface area contributed by atoms with Gasteiger partial charge in [-0.2, -0.15) is 13.7 Å². The van der Waals surface area contributed by atoms with Crippen molar-refractivity contribution < 1.29 is 16.5 Å². The highest BCUT2D eigenvalue weighted by Crippen LogP contribution is 2.36. The first-order valence-electron chi connectivity index (χ1n) is 12.5. The van der Waals surface area contributed by atoms with E-state index in [1.54, 1.807) is 18.3 Å². The summed E-state index contributed by atoms with van der Waals surface area (Å²) in [7, 11) is -5.22. The molecule has 6 rings (SSSR count). The van der Waals surface area contributed by atoms with Crippen LogP contribution in [0.15, 0.2) is 53.6 Å².